The van der Waals surface area contributed by atoms with Crippen molar-refractivity contribution in [2.45, 2.75) is 66.2 Å². The lowest BCUT2D eigenvalue weighted by molar-refractivity contribution is 0.354. The minimum absolute atomic E-state index is 0.265. The van der Waals surface area contributed by atoms with Crippen LogP contribution in [0.1, 0.15) is 88.5 Å². The average molecular weight is 399 g/mol. The molecular formula is C30H38. The third-order valence-corrected chi connectivity index (χ3v) is 5.75. The van der Waals surface area contributed by atoms with Crippen molar-refractivity contribution in [2.75, 3.05) is 0 Å². The molecule has 0 radical (unpaired) electrons. The Labute approximate surface area is 184 Å². The van der Waals surface area contributed by atoms with E-state index in [0.717, 1.165) is 12.8 Å². The SMILES string of the molecule is CC(C)(C)CC(c1ccccc1)c1cccc(C(CC(C)(C)C)c2ccccc2)c1. The summed E-state index contributed by atoms with van der Waals surface area (Å²) in [6.07, 6.45) is 2.27. The van der Waals surface area contributed by atoms with Crippen molar-refractivity contribution in [1.82, 2.24) is 0 Å². The third-order valence-electron chi connectivity index (χ3n) is 5.75. The Balaban J connectivity index is 2.05. The maximum Gasteiger partial charge on any atom is 0.00944 e. The van der Waals surface area contributed by atoms with Crippen molar-refractivity contribution in [1.29, 1.82) is 0 Å². The highest BCUT2D eigenvalue weighted by molar-refractivity contribution is 5.39. The van der Waals surface area contributed by atoms with Gasteiger partial charge in [0.1, 0.15) is 0 Å². The van der Waals surface area contributed by atoms with Gasteiger partial charge in [-0.05, 0) is 45.9 Å². The molecular weight excluding hydrogens is 360 g/mol. The van der Waals surface area contributed by atoms with Crippen LogP contribution in [0.5, 0.6) is 0 Å². The first-order valence-corrected chi connectivity index (χ1v) is 11.3. The number of rotatable bonds is 6. The smallest absolute Gasteiger partial charge is 0.00944 e. The summed E-state index contributed by atoms with van der Waals surface area (Å²) < 4.78 is 0. The molecule has 3 rings (SSSR count). The molecule has 0 amide bonds. The van der Waals surface area contributed by atoms with Gasteiger partial charge in [-0.15, -0.1) is 0 Å². The molecule has 2 atom stereocenters. The monoisotopic (exact) mass is 398 g/mol. The molecule has 0 bridgehead atoms. The second-order valence-electron chi connectivity index (χ2n) is 11.1. The fourth-order valence-electron chi connectivity index (χ4n) is 4.44. The summed E-state index contributed by atoms with van der Waals surface area (Å²) in [5, 5.41) is 0. The minimum atomic E-state index is 0.265. The van der Waals surface area contributed by atoms with E-state index in [9.17, 15) is 0 Å². The first-order chi connectivity index (χ1) is 14.1. The maximum absolute atomic E-state index is 2.48. The van der Waals surface area contributed by atoms with Gasteiger partial charge in [0.15, 0.2) is 0 Å². The van der Waals surface area contributed by atoms with Crippen molar-refractivity contribution in [3.8, 4) is 0 Å². The van der Waals surface area contributed by atoms with Crippen molar-refractivity contribution in [2.24, 2.45) is 10.8 Å². The van der Waals surface area contributed by atoms with E-state index in [4.69, 9.17) is 0 Å². The lowest BCUT2D eigenvalue weighted by atomic mass is 9.75. The van der Waals surface area contributed by atoms with Crippen LogP contribution in [0.15, 0.2) is 84.9 Å². The zero-order valence-corrected chi connectivity index (χ0v) is 19.7. The molecule has 2 unspecified atom stereocenters. The van der Waals surface area contributed by atoms with E-state index in [2.05, 4.69) is 126 Å². The topological polar surface area (TPSA) is 0 Å². The summed E-state index contributed by atoms with van der Waals surface area (Å²) in [7, 11) is 0. The lowest BCUT2D eigenvalue weighted by Gasteiger charge is -2.29. The van der Waals surface area contributed by atoms with Crippen LogP contribution < -0.4 is 0 Å². The van der Waals surface area contributed by atoms with E-state index < -0.39 is 0 Å². The van der Waals surface area contributed by atoms with E-state index in [1.807, 2.05) is 0 Å². The Hall–Kier alpha value is -2.34. The van der Waals surface area contributed by atoms with E-state index in [-0.39, 0.29) is 10.8 Å². The predicted molar refractivity (Wildman–Crippen MR) is 131 cm³/mol. The molecule has 0 fully saturated rings. The summed E-state index contributed by atoms with van der Waals surface area (Å²) >= 11 is 0. The molecule has 0 aliphatic heterocycles. The Morgan fingerprint density at radius 1 is 0.467 bits per heavy atom. The molecule has 0 spiro atoms. The van der Waals surface area contributed by atoms with Gasteiger partial charge in [0.2, 0.25) is 0 Å². The van der Waals surface area contributed by atoms with Crippen molar-refractivity contribution in [3.05, 3.63) is 107 Å². The summed E-state index contributed by atoms with van der Waals surface area (Å²) in [5.41, 5.74) is 6.22. The minimum Gasteiger partial charge on any atom is -0.0622 e. The summed E-state index contributed by atoms with van der Waals surface area (Å²) in [6, 6.07) is 31.4. The van der Waals surface area contributed by atoms with E-state index in [0.29, 0.717) is 11.8 Å². The van der Waals surface area contributed by atoms with Crippen molar-refractivity contribution < 1.29 is 0 Å². The lowest BCUT2D eigenvalue weighted by Crippen LogP contribution is -2.15. The van der Waals surface area contributed by atoms with E-state index >= 15 is 0 Å². The quantitative estimate of drug-likeness (QED) is 0.389. The molecule has 0 heterocycles. The first kappa shape index (κ1) is 22.3. The molecule has 0 saturated carbocycles. The van der Waals surface area contributed by atoms with Gasteiger partial charge in [-0.1, -0.05) is 126 Å². The Morgan fingerprint density at radius 3 is 1.13 bits per heavy atom. The second-order valence-corrected chi connectivity index (χ2v) is 11.1. The van der Waals surface area contributed by atoms with Crippen LogP contribution in [0.3, 0.4) is 0 Å². The van der Waals surface area contributed by atoms with Gasteiger partial charge in [-0.2, -0.15) is 0 Å². The van der Waals surface area contributed by atoms with Crippen molar-refractivity contribution >= 4 is 0 Å². The summed E-state index contributed by atoms with van der Waals surface area (Å²) in [4.78, 5) is 0. The number of benzene rings is 3. The van der Waals surface area contributed by atoms with Gasteiger partial charge >= 0.3 is 0 Å². The number of hydrogen-bond donors (Lipinski definition) is 0. The molecule has 0 aliphatic rings. The maximum atomic E-state index is 2.48. The highest BCUT2D eigenvalue weighted by atomic mass is 14.3. The van der Waals surface area contributed by atoms with Gasteiger partial charge in [-0.3, -0.25) is 0 Å². The van der Waals surface area contributed by atoms with Crippen molar-refractivity contribution in [3.63, 3.8) is 0 Å². The third kappa shape index (κ3) is 6.33. The van der Waals surface area contributed by atoms with Gasteiger partial charge < -0.3 is 0 Å². The van der Waals surface area contributed by atoms with Gasteiger partial charge in [-0.25, -0.2) is 0 Å². The van der Waals surface area contributed by atoms with Crippen LogP contribution in [-0.2, 0) is 0 Å². The molecule has 3 aromatic rings. The highest BCUT2D eigenvalue weighted by Crippen LogP contribution is 2.40. The molecule has 0 nitrogen and oxygen atoms in total. The van der Waals surface area contributed by atoms with Gasteiger partial charge in [0.05, 0.1) is 0 Å². The van der Waals surface area contributed by atoms with Crippen LogP contribution >= 0.6 is 0 Å². The first-order valence-electron chi connectivity index (χ1n) is 11.3. The molecule has 0 heteroatoms. The fourth-order valence-corrected chi connectivity index (χ4v) is 4.44. The zero-order valence-electron chi connectivity index (χ0n) is 19.7. The Morgan fingerprint density at radius 2 is 0.800 bits per heavy atom. The van der Waals surface area contributed by atoms with Crippen LogP contribution in [-0.4, -0.2) is 0 Å². The van der Waals surface area contributed by atoms with Crippen LogP contribution in [0.2, 0.25) is 0 Å². The Kier molecular flexibility index (Phi) is 6.86. The molecule has 0 N–H and O–H groups in total. The summed E-state index contributed by atoms with van der Waals surface area (Å²) in [5.74, 6) is 0.828. The normalized spacial score (nSPS) is 14.3. The molecule has 3 aromatic carbocycles. The molecule has 158 valence electrons. The second kappa shape index (κ2) is 9.21. The molecule has 0 aliphatic carbocycles. The van der Waals surface area contributed by atoms with Crippen LogP contribution in [0, 0.1) is 10.8 Å². The van der Waals surface area contributed by atoms with E-state index in [1.54, 1.807) is 0 Å². The molecule has 30 heavy (non-hydrogen) atoms. The van der Waals surface area contributed by atoms with Gasteiger partial charge in [0.25, 0.3) is 0 Å². The highest BCUT2D eigenvalue weighted by Gasteiger charge is 2.25. The van der Waals surface area contributed by atoms with Gasteiger partial charge in [0, 0.05) is 11.8 Å². The molecule has 0 saturated heterocycles. The largest absolute Gasteiger partial charge is 0.0622 e. The van der Waals surface area contributed by atoms with Crippen LogP contribution in [0.25, 0.3) is 0 Å². The predicted octanol–water partition coefficient (Wildman–Crippen LogP) is 8.82. The zero-order chi connectivity index (χ0) is 21.8. The van der Waals surface area contributed by atoms with Crippen LogP contribution in [0.4, 0.5) is 0 Å². The fraction of sp³-hybridized carbons (Fsp3) is 0.400. The molecule has 0 aromatic heterocycles. The van der Waals surface area contributed by atoms with E-state index in [1.165, 1.54) is 22.3 Å². The summed E-state index contributed by atoms with van der Waals surface area (Å²) in [6.45, 7) is 14.1. The number of hydrogen-bond acceptors (Lipinski definition) is 0. The average Bonchev–Trinajstić information content (AvgIpc) is 2.70. The Bertz CT molecular complexity index is 833. The standard InChI is InChI=1S/C30H38/c1-29(2,3)21-27(23-14-9-7-10-15-23)25-18-13-19-26(20-25)28(22-30(4,5)6)24-16-11-8-12-17-24/h7-20,27-28H,21-22H2,1-6H3.